The molecule has 2 aromatic heterocycles. The fourth-order valence-electron chi connectivity index (χ4n) is 2.81. The van der Waals surface area contributed by atoms with E-state index >= 15 is 0 Å². The topological polar surface area (TPSA) is 75.6 Å². The van der Waals surface area contributed by atoms with Crippen molar-refractivity contribution in [3.63, 3.8) is 0 Å². The normalized spacial score (nSPS) is 15.0. The van der Waals surface area contributed by atoms with Gasteiger partial charge in [-0.15, -0.1) is 17.9 Å². The third-order valence-electron chi connectivity index (χ3n) is 4.00. The number of rotatable bonds is 6. The van der Waals surface area contributed by atoms with Crippen molar-refractivity contribution in [1.82, 2.24) is 19.7 Å². The summed E-state index contributed by atoms with van der Waals surface area (Å²) in [6.07, 6.45) is 6.61. The van der Waals surface area contributed by atoms with Gasteiger partial charge in [0.25, 0.3) is 0 Å². The molecule has 23 heavy (non-hydrogen) atoms. The quantitative estimate of drug-likeness (QED) is 0.620. The number of H-pyrrole nitrogens is 1. The van der Waals surface area contributed by atoms with E-state index in [-0.39, 0.29) is 11.8 Å². The molecular formula is C15H19N5OS2. The number of allylic oxidation sites excluding steroid dienone is 1. The lowest BCUT2D eigenvalue weighted by Gasteiger charge is -2.07. The van der Waals surface area contributed by atoms with Gasteiger partial charge in [0.2, 0.25) is 5.91 Å². The van der Waals surface area contributed by atoms with Crippen LogP contribution in [-0.2, 0) is 17.8 Å². The lowest BCUT2D eigenvalue weighted by atomic mass is 10.1. The minimum absolute atomic E-state index is 0.0951. The molecule has 8 heteroatoms. The number of hydrogen-bond donors (Lipinski definition) is 2. The zero-order valence-corrected chi connectivity index (χ0v) is 14.4. The summed E-state index contributed by atoms with van der Waals surface area (Å²) in [5.41, 5.74) is 0.871. The molecule has 3 rings (SSSR count). The van der Waals surface area contributed by atoms with Crippen molar-refractivity contribution in [2.75, 3.05) is 5.32 Å². The van der Waals surface area contributed by atoms with Gasteiger partial charge in [0.1, 0.15) is 5.82 Å². The highest BCUT2D eigenvalue weighted by atomic mass is 32.1. The number of aromatic amines is 1. The van der Waals surface area contributed by atoms with Crippen LogP contribution in [0.25, 0.3) is 0 Å². The Balaban J connectivity index is 1.66. The second kappa shape index (κ2) is 7.18. The maximum absolute atomic E-state index is 12.1. The second-order valence-corrected chi connectivity index (χ2v) is 6.88. The first-order valence-electron chi connectivity index (χ1n) is 7.67. The molecule has 1 amide bonds. The van der Waals surface area contributed by atoms with Crippen LogP contribution in [0.3, 0.4) is 0 Å². The van der Waals surface area contributed by atoms with Gasteiger partial charge in [-0.05, 0) is 25.1 Å². The Labute approximate surface area is 143 Å². The van der Waals surface area contributed by atoms with Crippen molar-refractivity contribution < 1.29 is 4.79 Å². The molecule has 0 atom stereocenters. The molecule has 1 aliphatic carbocycles. The highest BCUT2D eigenvalue weighted by molar-refractivity contribution is 7.71. The summed E-state index contributed by atoms with van der Waals surface area (Å²) >= 11 is 6.65. The minimum atomic E-state index is 0.0951. The van der Waals surface area contributed by atoms with Crippen LogP contribution in [0, 0.1) is 10.7 Å². The van der Waals surface area contributed by atoms with E-state index in [1.165, 1.54) is 11.3 Å². The van der Waals surface area contributed by atoms with Gasteiger partial charge < -0.3 is 5.32 Å². The van der Waals surface area contributed by atoms with E-state index < -0.39 is 0 Å². The van der Waals surface area contributed by atoms with Crippen LogP contribution in [0.4, 0.5) is 5.13 Å². The number of nitrogens with one attached hydrogen (secondary N) is 2. The van der Waals surface area contributed by atoms with Crippen molar-refractivity contribution >= 4 is 34.6 Å². The molecule has 0 aliphatic heterocycles. The van der Waals surface area contributed by atoms with Gasteiger partial charge in [-0.3, -0.25) is 14.5 Å². The molecule has 0 radical (unpaired) electrons. The average Bonchev–Trinajstić information content (AvgIpc) is 3.25. The number of carbonyl (C=O) groups excluding carboxylic acids is 1. The molecule has 0 saturated heterocycles. The Morgan fingerprint density at radius 1 is 1.57 bits per heavy atom. The molecule has 2 aromatic rings. The maximum atomic E-state index is 12.1. The highest BCUT2D eigenvalue weighted by Gasteiger charge is 2.23. The average molecular weight is 349 g/mol. The predicted octanol–water partition coefficient (Wildman–Crippen LogP) is 3.30. The zero-order valence-electron chi connectivity index (χ0n) is 12.7. The minimum Gasteiger partial charge on any atom is -0.302 e. The van der Waals surface area contributed by atoms with Crippen LogP contribution < -0.4 is 5.32 Å². The first-order chi connectivity index (χ1) is 11.2. The van der Waals surface area contributed by atoms with Gasteiger partial charge in [-0.25, -0.2) is 4.98 Å². The summed E-state index contributed by atoms with van der Waals surface area (Å²) in [7, 11) is 0. The van der Waals surface area contributed by atoms with Gasteiger partial charge >= 0.3 is 0 Å². The van der Waals surface area contributed by atoms with Gasteiger partial charge in [0.05, 0.1) is 12.1 Å². The van der Waals surface area contributed by atoms with Gasteiger partial charge in [-0.2, -0.15) is 5.10 Å². The van der Waals surface area contributed by atoms with E-state index in [0.717, 1.165) is 37.2 Å². The van der Waals surface area contributed by atoms with E-state index in [2.05, 4.69) is 27.1 Å². The standard InChI is InChI=1S/C15H19N5OS2/c1-2-7-20-12(18-19-15(20)22)8-11-9-23-14(16-11)17-13(21)10-5-3-4-6-10/h2,9-10H,1,3-8H2,(H,19,22)(H,16,17,21). The van der Waals surface area contributed by atoms with Crippen molar-refractivity contribution in [3.8, 4) is 0 Å². The maximum Gasteiger partial charge on any atom is 0.229 e. The van der Waals surface area contributed by atoms with Crippen LogP contribution in [0.15, 0.2) is 18.0 Å². The molecule has 122 valence electrons. The van der Waals surface area contributed by atoms with Crippen molar-refractivity contribution in [1.29, 1.82) is 0 Å². The van der Waals surface area contributed by atoms with E-state index in [1.807, 2.05) is 9.95 Å². The molecular weight excluding hydrogens is 330 g/mol. The smallest absolute Gasteiger partial charge is 0.229 e. The molecule has 1 aliphatic rings. The number of nitrogens with zero attached hydrogens (tertiary/aromatic N) is 3. The third-order valence-corrected chi connectivity index (χ3v) is 5.11. The van der Waals surface area contributed by atoms with Gasteiger partial charge in [0, 0.05) is 17.8 Å². The van der Waals surface area contributed by atoms with Crippen LogP contribution in [0.1, 0.15) is 37.2 Å². The Bertz CT molecular complexity index is 754. The molecule has 1 saturated carbocycles. The summed E-state index contributed by atoms with van der Waals surface area (Å²) in [4.78, 5) is 16.6. The van der Waals surface area contributed by atoms with Crippen molar-refractivity contribution in [3.05, 3.63) is 34.3 Å². The summed E-state index contributed by atoms with van der Waals surface area (Å²) in [5, 5.41) is 12.6. The van der Waals surface area contributed by atoms with Crippen LogP contribution >= 0.6 is 23.6 Å². The molecule has 2 N–H and O–H groups in total. The van der Waals surface area contributed by atoms with Crippen molar-refractivity contribution in [2.24, 2.45) is 5.92 Å². The molecule has 2 heterocycles. The van der Waals surface area contributed by atoms with E-state index in [0.29, 0.717) is 22.9 Å². The number of anilines is 1. The lowest BCUT2D eigenvalue weighted by molar-refractivity contribution is -0.119. The van der Waals surface area contributed by atoms with Crippen LogP contribution in [0.5, 0.6) is 0 Å². The number of amides is 1. The van der Waals surface area contributed by atoms with E-state index in [1.54, 1.807) is 6.08 Å². The lowest BCUT2D eigenvalue weighted by Crippen LogP contribution is -2.20. The zero-order chi connectivity index (χ0) is 16.2. The molecule has 0 unspecified atom stereocenters. The SMILES string of the molecule is C=CCn1c(Cc2csc(NC(=O)C3CCCC3)n2)n[nH]c1=S. The van der Waals surface area contributed by atoms with Gasteiger partial charge in [-0.1, -0.05) is 18.9 Å². The Morgan fingerprint density at radius 3 is 3.09 bits per heavy atom. The molecule has 0 spiro atoms. The Kier molecular flexibility index (Phi) is 5.02. The largest absolute Gasteiger partial charge is 0.302 e. The molecule has 1 fully saturated rings. The second-order valence-electron chi connectivity index (χ2n) is 5.64. The number of carbonyl (C=O) groups is 1. The number of hydrogen-bond acceptors (Lipinski definition) is 5. The van der Waals surface area contributed by atoms with Crippen LogP contribution in [0.2, 0.25) is 0 Å². The summed E-state index contributed by atoms with van der Waals surface area (Å²) in [6, 6.07) is 0. The van der Waals surface area contributed by atoms with Gasteiger partial charge in [0.15, 0.2) is 9.90 Å². The molecule has 0 bridgehead atoms. The van der Waals surface area contributed by atoms with Crippen LogP contribution in [-0.4, -0.2) is 25.7 Å². The van der Waals surface area contributed by atoms with E-state index in [9.17, 15) is 4.79 Å². The number of aromatic nitrogens is 4. The molecule has 6 nitrogen and oxygen atoms in total. The Morgan fingerprint density at radius 2 is 2.35 bits per heavy atom. The summed E-state index contributed by atoms with van der Waals surface area (Å²) < 4.78 is 2.46. The van der Waals surface area contributed by atoms with E-state index in [4.69, 9.17) is 12.2 Å². The van der Waals surface area contributed by atoms with Crippen molar-refractivity contribution in [2.45, 2.75) is 38.6 Å². The monoisotopic (exact) mass is 349 g/mol. The molecule has 0 aromatic carbocycles. The fourth-order valence-corrected chi connectivity index (χ4v) is 3.74. The third kappa shape index (κ3) is 3.76. The fraction of sp³-hybridized carbons (Fsp3) is 0.467. The summed E-state index contributed by atoms with van der Waals surface area (Å²) in [5.74, 6) is 1.05. The Hall–Kier alpha value is -1.80. The number of thiazole rings is 1. The summed E-state index contributed by atoms with van der Waals surface area (Å²) in [6.45, 7) is 4.34. The predicted molar refractivity (Wildman–Crippen MR) is 93.1 cm³/mol. The first kappa shape index (κ1) is 16.1. The first-order valence-corrected chi connectivity index (χ1v) is 8.96. The highest BCUT2D eigenvalue weighted by Crippen LogP contribution is 2.27.